The van der Waals surface area contributed by atoms with E-state index in [9.17, 15) is 22.4 Å². The highest BCUT2D eigenvalue weighted by Crippen LogP contribution is 2.20. The molecule has 2 N–H and O–H groups in total. The molecular formula is C29H27ClFN3O6S. The highest BCUT2D eigenvalue weighted by molar-refractivity contribution is 7.92. The molecule has 0 aliphatic rings. The molecule has 0 aliphatic carbocycles. The monoisotopic (exact) mass is 599 g/mol. The Morgan fingerprint density at radius 3 is 2.32 bits per heavy atom. The van der Waals surface area contributed by atoms with Gasteiger partial charge in [0.1, 0.15) is 23.4 Å². The summed E-state index contributed by atoms with van der Waals surface area (Å²) in [5.41, 5.74) is 0.970. The first-order chi connectivity index (χ1) is 19.6. The fourth-order valence-corrected chi connectivity index (χ4v) is 4.96. The molecule has 0 saturated heterocycles. The van der Waals surface area contributed by atoms with E-state index in [-0.39, 0.29) is 35.3 Å². The molecule has 1 heterocycles. The molecule has 0 spiro atoms. The molecule has 0 saturated carbocycles. The van der Waals surface area contributed by atoms with Gasteiger partial charge in [0.2, 0.25) is 5.91 Å². The van der Waals surface area contributed by atoms with Gasteiger partial charge in [0.25, 0.3) is 15.9 Å². The molecule has 1 aromatic heterocycles. The summed E-state index contributed by atoms with van der Waals surface area (Å²) in [6.45, 7) is 1.50. The van der Waals surface area contributed by atoms with E-state index in [1.165, 1.54) is 47.6 Å². The van der Waals surface area contributed by atoms with Crippen molar-refractivity contribution in [2.24, 2.45) is 0 Å². The van der Waals surface area contributed by atoms with Crippen molar-refractivity contribution in [1.29, 1.82) is 0 Å². The van der Waals surface area contributed by atoms with Gasteiger partial charge in [-0.05, 0) is 85.3 Å². The minimum atomic E-state index is -3.93. The molecule has 3 aromatic carbocycles. The fraction of sp³-hybridized carbons (Fsp3) is 0.172. The van der Waals surface area contributed by atoms with E-state index in [0.717, 1.165) is 17.7 Å². The van der Waals surface area contributed by atoms with E-state index in [1.807, 2.05) is 0 Å². The van der Waals surface area contributed by atoms with Crippen LogP contribution in [0.5, 0.6) is 5.75 Å². The lowest BCUT2D eigenvalue weighted by Crippen LogP contribution is -2.48. The molecular weight excluding hydrogens is 573 g/mol. The van der Waals surface area contributed by atoms with Crippen molar-refractivity contribution in [3.8, 4) is 5.75 Å². The van der Waals surface area contributed by atoms with Crippen molar-refractivity contribution >= 4 is 39.1 Å². The van der Waals surface area contributed by atoms with Gasteiger partial charge in [-0.25, -0.2) is 12.8 Å². The first-order valence-corrected chi connectivity index (χ1v) is 14.3. The normalized spacial score (nSPS) is 11.9. The number of hydrogen-bond acceptors (Lipinski definition) is 6. The molecule has 0 bridgehead atoms. The fourth-order valence-electron chi connectivity index (χ4n) is 3.78. The predicted octanol–water partition coefficient (Wildman–Crippen LogP) is 4.99. The lowest BCUT2D eigenvalue weighted by atomic mass is 10.1. The number of nitrogens with one attached hydrogen (secondary N) is 2. The number of halogens is 2. The van der Waals surface area contributed by atoms with Crippen LogP contribution in [0.15, 0.2) is 101 Å². The number of rotatable bonds is 12. The van der Waals surface area contributed by atoms with Crippen molar-refractivity contribution in [3.05, 3.63) is 113 Å². The maximum atomic E-state index is 13.3. The standard InChI is InChI=1S/C29H27ClFN3O6S/c1-20(29(36)32-17-26-3-2-16-39-26)34(18-21-4-6-22(30)7-5-21)28(35)19-40-25-12-14-27(15-13-25)41(37,38)33-24-10-8-23(31)9-11-24/h2-16,20,33H,17-19H2,1H3,(H,32,36)/t20-/m1/s1. The van der Waals surface area contributed by atoms with Crippen molar-refractivity contribution in [1.82, 2.24) is 10.2 Å². The lowest BCUT2D eigenvalue weighted by Gasteiger charge is -2.28. The molecule has 0 unspecified atom stereocenters. The van der Waals surface area contributed by atoms with Gasteiger partial charge in [0.05, 0.1) is 17.7 Å². The predicted molar refractivity (Wildman–Crippen MR) is 151 cm³/mol. The average Bonchev–Trinajstić information content (AvgIpc) is 3.49. The summed E-state index contributed by atoms with van der Waals surface area (Å²) in [6.07, 6.45) is 1.50. The van der Waals surface area contributed by atoms with Crippen LogP contribution in [-0.4, -0.2) is 37.8 Å². The van der Waals surface area contributed by atoms with Gasteiger partial charge in [0, 0.05) is 17.3 Å². The van der Waals surface area contributed by atoms with Crippen molar-refractivity contribution in [3.63, 3.8) is 0 Å². The van der Waals surface area contributed by atoms with Gasteiger partial charge >= 0.3 is 0 Å². The van der Waals surface area contributed by atoms with E-state index >= 15 is 0 Å². The summed E-state index contributed by atoms with van der Waals surface area (Å²) in [4.78, 5) is 27.5. The Balaban J connectivity index is 1.41. The average molecular weight is 600 g/mol. The van der Waals surface area contributed by atoms with Crippen LogP contribution >= 0.6 is 11.6 Å². The Hall–Kier alpha value is -4.35. The maximum absolute atomic E-state index is 13.3. The zero-order valence-corrected chi connectivity index (χ0v) is 23.5. The molecule has 4 aromatic rings. The number of sulfonamides is 1. The first-order valence-electron chi connectivity index (χ1n) is 12.5. The van der Waals surface area contributed by atoms with Gasteiger partial charge in [-0.2, -0.15) is 0 Å². The Bertz CT molecular complexity index is 1560. The summed E-state index contributed by atoms with van der Waals surface area (Å²) in [7, 11) is -3.93. The SMILES string of the molecule is C[C@H](C(=O)NCc1ccco1)N(Cc1ccc(Cl)cc1)C(=O)COc1ccc(S(=O)(=O)Nc2ccc(F)cc2)cc1. The number of amides is 2. The van der Waals surface area contributed by atoms with Gasteiger partial charge in [-0.15, -0.1) is 0 Å². The largest absolute Gasteiger partial charge is 0.484 e. The molecule has 9 nitrogen and oxygen atoms in total. The smallest absolute Gasteiger partial charge is 0.261 e. The summed E-state index contributed by atoms with van der Waals surface area (Å²) in [5.74, 6) is -0.509. The zero-order valence-electron chi connectivity index (χ0n) is 21.9. The van der Waals surface area contributed by atoms with Crippen LogP contribution < -0.4 is 14.8 Å². The number of carbonyl (C=O) groups is 2. The number of furan rings is 1. The van der Waals surface area contributed by atoms with Crippen LogP contribution in [0.25, 0.3) is 0 Å². The molecule has 214 valence electrons. The van der Waals surface area contributed by atoms with E-state index in [2.05, 4.69) is 10.0 Å². The number of nitrogens with zero attached hydrogens (tertiary/aromatic N) is 1. The Morgan fingerprint density at radius 2 is 1.68 bits per heavy atom. The number of carbonyl (C=O) groups excluding carboxylic acids is 2. The van der Waals surface area contributed by atoms with Crippen LogP contribution in [0.3, 0.4) is 0 Å². The van der Waals surface area contributed by atoms with Gasteiger partial charge < -0.3 is 19.4 Å². The summed E-state index contributed by atoms with van der Waals surface area (Å²) in [5, 5.41) is 3.30. The van der Waals surface area contributed by atoms with E-state index < -0.39 is 34.4 Å². The van der Waals surface area contributed by atoms with Crippen LogP contribution in [0, 0.1) is 5.82 Å². The van der Waals surface area contributed by atoms with Gasteiger partial charge in [-0.1, -0.05) is 23.7 Å². The molecule has 1 atom stereocenters. The van der Waals surface area contributed by atoms with Crippen LogP contribution in [-0.2, 0) is 32.7 Å². The maximum Gasteiger partial charge on any atom is 0.261 e. The zero-order chi connectivity index (χ0) is 29.4. The number of anilines is 1. The van der Waals surface area contributed by atoms with Gasteiger partial charge in [0.15, 0.2) is 6.61 Å². The van der Waals surface area contributed by atoms with Crippen LogP contribution in [0.4, 0.5) is 10.1 Å². The second-order valence-electron chi connectivity index (χ2n) is 8.99. The molecule has 12 heteroatoms. The Morgan fingerprint density at radius 1 is 1.00 bits per heavy atom. The molecule has 41 heavy (non-hydrogen) atoms. The third-order valence-electron chi connectivity index (χ3n) is 6.04. The summed E-state index contributed by atoms with van der Waals surface area (Å²) < 4.78 is 51.7. The Labute approximate surface area is 241 Å². The molecule has 0 aliphatic heterocycles. The molecule has 0 fully saturated rings. The third kappa shape index (κ3) is 8.32. The number of hydrogen-bond donors (Lipinski definition) is 2. The van der Waals surface area contributed by atoms with Crippen molar-refractivity contribution < 1.29 is 31.6 Å². The topological polar surface area (TPSA) is 118 Å². The van der Waals surface area contributed by atoms with Gasteiger partial charge in [-0.3, -0.25) is 14.3 Å². The first kappa shape index (κ1) is 29.6. The van der Waals surface area contributed by atoms with Crippen LogP contribution in [0.2, 0.25) is 5.02 Å². The number of benzene rings is 3. The number of ether oxygens (including phenoxy) is 1. The lowest BCUT2D eigenvalue weighted by molar-refractivity contribution is -0.142. The van der Waals surface area contributed by atoms with Crippen molar-refractivity contribution in [2.45, 2.75) is 31.0 Å². The second-order valence-corrected chi connectivity index (χ2v) is 11.1. The van der Waals surface area contributed by atoms with E-state index in [4.69, 9.17) is 20.8 Å². The highest BCUT2D eigenvalue weighted by Gasteiger charge is 2.27. The highest BCUT2D eigenvalue weighted by atomic mass is 35.5. The second kappa shape index (κ2) is 13.3. The molecule has 4 rings (SSSR count). The third-order valence-corrected chi connectivity index (χ3v) is 7.69. The summed E-state index contributed by atoms with van der Waals surface area (Å²) >= 11 is 5.99. The minimum Gasteiger partial charge on any atom is -0.484 e. The Kier molecular flexibility index (Phi) is 9.64. The molecule has 0 radical (unpaired) electrons. The minimum absolute atomic E-state index is 0.0493. The van der Waals surface area contributed by atoms with E-state index in [1.54, 1.807) is 43.3 Å². The summed E-state index contributed by atoms with van der Waals surface area (Å²) in [6, 6.07) is 19.9. The van der Waals surface area contributed by atoms with Crippen LogP contribution in [0.1, 0.15) is 18.2 Å². The van der Waals surface area contributed by atoms with E-state index in [0.29, 0.717) is 10.8 Å². The quantitative estimate of drug-likeness (QED) is 0.237. The molecule has 2 amide bonds. The van der Waals surface area contributed by atoms with Crippen molar-refractivity contribution in [2.75, 3.05) is 11.3 Å².